The standard InChI is InChI=1S/C21H37N5O/c1-16(2)14-26-11-9-21(20(26)27)7-5-17(6-8-21)19-18(13-23-24-19)15-25(4)12-10-22-3/h13,16-17,22H,5-12,14-15H2,1-4H3,(H,23,24). The fraction of sp³-hybridized carbons (Fsp3) is 0.810. The van der Waals surface area contributed by atoms with Gasteiger partial charge in [0.2, 0.25) is 5.91 Å². The van der Waals surface area contributed by atoms with Gasteiger partial charge in [-0.15, -0.1) is 0 Å². The summed E-state index contributed by atoms with van der Waals surface area (Å²) in [6.07, 6.45) is 7.31. The van der Waals surface area contributed by atoms with E-state index in [1.54, 1.807) is 0 Å². The maximum Gasteiger partial charge on any atom is 0.228 e. The number of nitrogens with zero attached hydrogens (tertiary/aromatic N) is 3. The van der Waals surface area contributed by atoms with E-state index in [4.69, 9.17) is 0 Å². The van der Waals surface area contributed by atoms with Crippen molar-refractivity contribution >= 4 is 5.91 Å². The molecule has 0 bridgehead atoms. The molecule has 1 saturated carbocycles. The van der Waals surface area contributed by atoms with Crippen LogP contribution in [0.1, 0.15) is 63.1 Å². The van der Waals surface area contributed by atoms with E-state index in [9.17, 15) is 4.79 Å². The van der Waals surface area contributed by atoms with E-state index in [0.717, 1.165) is 64.8 Å². The van der Waals surface area contributed by atoms with E-state index in [1.165, 1.54) is 11.3 Å². The van der Waals surface area contributed by atoms with Crippen molar-refractivity contribution in [2.45, 2.75) is 58.4 Å². The van der Waals surface area contributed by atoms with Crippen molar-refractivity contribution in [3.05, 3.63) is 17.5 Å². The zero-order chi connectivity index (χ0) is 19.4. The van der Waals surface area contributed by atoms with Crippen molar-refractivity contribution in [3.63, 3.8) is 0 Å². The Morgan fingerprint density at radius 1 is 1.37 bits per heavy atom. The van der Waals surface area contributed by atoms with Crippen LogP contribution in [0.2, 0.25) is 0 Å². The number of likely N-dealkylation sites (tertiary alicyclic amines) is 1. The molecule has 1 aliphatic carbocycles. The van der Waals surface area contributed by atoms with E-state index < -0.39 is 0 Å². The molecule has 2 fully saturated rings. The molecule has 0 radical (unpaired) electrons. The largest absolute Gasteiger partial charge is 0.342 e. The molecule has 1 aliphatic heterocycles. The fourth-order valence-electron chi connectivity index (χ4n) is 4.89. The van der Waals surface area contributed by atoms with Crippen molar-refractivity contribution < 1.29 is 4.79 Å². The second-order valence-electron chi connectivity index (χ2n) is 9.09. The third-order valence-electron chi connectivity index (χ3n) is 6.45. The first kappa shape index (κ1) is 20.3. The molecule has 6 nitrogen and oxygen atoms in total. The molecule has 1 aromatic rings. The van der Waals surface area contributed by atoms with Crippen LogP contribution in [0.5, 0.6) is 0 Å². The highest BCUT2D eigenvalue weighted by molar-refractivity contribution is 5.85. The van der Waals surface area contributed by atoms with Gasteiger partial charge in [-0.05, 0) is 52.1 Å². The fourth-order valence-corrected chi connectivity index (χ4v) is 4.89. The first-order valence-corrected chi connectivity index (χ1v) is 10.6. The lowest BCUT2D eigenvalue weighted by atomic mass is 9.68. The van der Waals surface area contributed by atoms with E-state index in [1.807, 2.05) is 7.05 Å². The second kappa shape index (κ2) is 8.74. The predicted molar refractivity (Wildman–Crippen MR) is 109 cm³/mol. The molecule has 2 heterocycles. The number of amides is 1. The summed E-state index contributed by atoms with van der Waals surface area (Å²) in [7, 11) is 4.14. The smallest absolute Gasteiger partial charge is 0.228 e. The van der Waals surface area contributed by atoms with Crippen molar-refractivity contribution in [2.24, 2.45) is 11.3 Å². The maximum absolute atomic E-state index is 13.0. The topological polar surface area (TPSA) is 64.3 Å². The van der Waals surface area contributed by atoms with Gasteiger partial charge in [0.1, 0.15) is 0 Å². The van der Waals surface area contributed by atoms with Gasteiger partial charge < -0.3 is 15.1 Å². The molecule has 1 saturated heterocycles. The number of hydrogen-bond acceptors (Lipinski definition) is 4. The van der Waals surface area contributed by atoms with Crippen molar-refractivity contribution in [1.29, 1.82) is 0 Å². The zero-order valence-corrected chi connectivity index (χ0v) is 17.6. The molecule has 27 heavy (non-hydrogen) atoms. The monoisotopic (exact) mass is 375 g/mol. The molecule has 2 N–H and O–H groups in total. The lowest BCUT2D eigenvalue weighted by Gasteiger charge is -2.35. The highest BCUT2D eigenvalue weighted by Gasteiger charge is 2.48. The lowest BCUT2D eigenvalue weighted by molar-refractivity contribution is -0.138. The summed E-state index contributed by atoms with van der Waals surface area (Å²) in [6, 6.07) is 0. The van der Waals surface area contributed by atoms with Crippen LogP contribution in [0, 0.1) is 11.3 Å². The average molecular weight is 376 g/mol. The number of aromatic nitrogens is 2. The zero-order valence-electron chi connectivity index (χ0n) is 17.6. The number of hydrogen-bond donors (Lipinski definition) is 2. The van der Waals surface area contributed by atoms with Gasteiger partial charge in [-0.1, -0.05) is 13.8 Å². The highest BCUT2D eigenvalue weighted by Crippen LogP contribution is 2.49. The van der Waals surface area contributed by atoms with Gasteiger partial charge in [0, 0.05) is 50.4 Å². The molecular formula is C21H37N5O. The Kier molecular flexibility index (Phi) is 6.58. The number of aromatic amines is 1. The van der Waals surface area contributed by atoms with E-state index in [0.29, 0.717) is 17.7 Å². The van der Waals surface area contributed by atoms with E-state index >= 15 is 0 Å². The van der Waals surface area contributed by atoms with Crippen LogP contribution in [0.15, 0.2) is 6.20 Å². The number of likely N-dealkylation sites (N-methyl/N-ethyl adjacent to an activating group) is 2. The third-order valence-corrected chi connectivity index (χ3v) is 6.45. The molecule has 0 atom stereocenters. The second-order valence-corrected chi connectivity index (χ2v) is 9.09. The predicted octanol–water partition coefficient (Wildman–Crippen LogP) is 2.59. The normalized spacial score (nSPS) is 26.1. The average Bonchev–Trinajstić information content (AvgIpc) is 3.21. The van der Waals surface area contributed by atoms with Crippen molar-refractivity contribution in [2.75, 3.05) is 40.3 Å². The Balaban J connectivity index is 1.59. The van der Waals surface area contributed by atoms with Crippen LogP contribution in [0.4, 0.5) is 0 Å². The number of rotatable bonds is 8. The van der Waals surface area contributed by atoms with E-state index in [-0.39, 0.29) is 5.41 Å². The molecule has 1 amide bonds. The van der Waals surface area contributed by atoms with Crippen LogP contribution in [-0.4, -0.2) is 66.2 Å². The molecule has 1 aromatic heterocycles. The summed E-state index contributed by atoms with van der Waals surface area (Å²) in [5.74, 6) is 1.46. The van der Waals surface area contributed by atoms with Crippen LogP contribution < -0.4 is 5.32 Å². The summed E-state index contributed by atoms with van der Waals surface area (Å²) >= 11 is 0. The Morgan fingerprint density at radius 2 is 2.11 bits per heavy atom. The number of H-pyrrole nitrogens is 1. The van der Waals surface area contributed by atoms with Gasteiger partial charge >= 0.3 is 0 Å². The highest BCUT2D eigenvalue weighted by atomic mass is 16.2. The maximum atomic E-state index is 13.0. The lowest BCUT2D eigenvalue weighted by Crippen LogP contribution is -2.38. The Morgan fingerprint density at radius 3 is 2.78 bits per heavy atom. The molecular weight excluding hydrogens is 338 g/mol. The van der Waals surface area contributed by atoms with Gasteiger partial charge in [0.15, 0.2) is 0 Å². The minimum absolute atomic E-state index is 0.0779. The van der Waals surface area contributed by atoms with Gasteiger partial charge in [-0.2, -0.15) is 5.10 Å². The molecule has 3 rings (SSSR count). The third kappa shape index (κ3) is 4.54. The summed E-state index contributed by atoms with van der Waals surface area (Å²) < 4.78 is 0. The molecule has 152 valence electrons. The van der Waals surface area contributed by atoms with Crippen molar-refractivity contribution in [1.82, 2.24) is 25.3 Å². The van der Waals surface area contributed by atoms with Crippen LogP contribution >= 0.6 is 0 Å². The molecule has 0 aromatic carbocycles. The summed E-state index contributed by atoms with van der Waals surface area (Å²) in [5.41, 5.74) is 2.46. The molecule has 2 aliphatic rings. The molecule has 0 unspecified atom stereocenters. The number of carbonyl (C=O) groups excluding carboxylic acids is 1. The Hall–Kier alpha value is -1.40. The van der Waals surface area contributed by atoms with Crippen molar-refractivity contribution in [3.8, 4) is 0 Å². The van der Waals surface area contributed by atoms with Gasteiger partial charge in [-0.3, -0.25) is 9.89 Å². The summed E-state index contributed by atoms with van der Waals surface area (Å²) in [6.45, 7) is 9.19. The Bertz CT molecular complexity index is 618. The first-order valence-electron chi connectivity index (χ1n) is 10.6. The van der Waals surface area contributed by atoms with Crippen LogP contribution in [0.3, 0.4) is 0 Å². The minimum atomic E-state index is -0.0779. The minimum Gasteiger partial charge on any atom is -0.342 e. The summed E-state index contributed by atoms with van der Waals surface area (Å²) in [4.78, 5) is 17.5. The van der Waals surface area contributed by atoms with Gasteiger partial charge in [-0.25, -0.2) is 0 Å². The van der Waals surface area contributed by atoms with Gasteiger partial charge in [0.25, 0.3) is 0 Å². The molecule has 6 heteroatoms. The summed E-state index contributed by atoms with van der Waals surface area (Å²) in [5, 5.41) is 10.9. The quantitative estimate of drug-likeness (QED) is 0.733. The van der Waals surface area contributed by atoms with E-state index in [2.05, 4.69) is 52.4 Å². The van der Waals surface area contributed by atoms with Crippen LogP contribution in [0.25, 0.3) is 0 Å². The van der Waals surface area contributed by atoms with Gasteiger partial charge in [0.05, 0.1) is 11.1 Å². The number of carbonyl (C=O) groups is 1. The first-order chi connectivity index (χ1) is 12.9. The SMILES string of the molecule is CNCCN(C)Cc1c[nH]nc1C1CCC2(CC1)CCN(CC(C)C)C2=O. The molecule has 1 spiro atoms. The Labute approximate surface area is 164 Å². The number of nitrogens with one attached hydrogen (secondary N) is 2. The van der Waals surface area contributed by atoms with Crippen LogP contribution in [-0.2, 0) is 11.3 Å².